The smallest absolute Gasteiger partial charge is 0.412 e. The van der Waals surface area contributed by atoms with Crippen molar-refractivity contribution in [2.45, 2.75) is 26.4 Å². The summed E-state index contributed by atoms with van der Waals surface area (Å²) in [5.74, 6) is -1.60. The van der Waals surface area contributed by atoms with E-state index in [1.165, 1.54) is 35.2 Å². The maximum Gasteiger partial charge on any atom is 0.412 e. The van der Waals surface area contributed by atoms with Crippen LogP contribution in [0.25, 0.3) is 0 Å². The molecule has 0 saturated heterocycles. The predicted molar refractivity (Wildman–Crippen MR) is 94.4 cm³/mol. The number of pyridine rings is 1. The van der Waals surface area contributed by atoms with Crippen molar-refractivity contribution in [2.75, 3.05) is 10.6 Å². The molecule has 0 aromatic carbocycles. The molecule has 0 saturated carbocycles. The van der Waals surface area contributed by atoms with E-state index in [-0.39, 0.29) is 11.4 Å². The summed E-state index contributed by atoms with van der Waals surface area (Å²) in [5, 5.41) is 14.1. The van der Waals surface area contributed by atoms with Crippen LogP contribution in [0.2, 0.25) is 0 Å². The van der Waals surface area contributed by atoms with Crippen LogP contribution in [0.3, 0.4) is 0 Å². The Morgan fingerprint density at radius 1 is 1.15 bits per heavy atom. The summed E-state index contributed by atoms with van der Waals surface area (Å²) >= 11 is 0. The number of nitrogens with one attached hydrogen (secondary N) is 2. The third-order valence-corrected chi connectivity index (χ3v) is 3.12. The Morgan fingerprint density at radius 3 is 2.35 bits per heavy atom. The summed E-state index contributed by atoms with van der Waals surface area (Å²) in [6, 6.07) is 4.29. The number of aromatic carboxylic acids is 1. The summed E-state index contributed by atoms with van der Waals surface area (Å²) < 4.78 is 6.51. The Hall–Kier alpha value is -3.36. The molecule has 0 spiro atoms. The third-order valence-electron chi connectivity index (χ3n) is 3.12. The van der Waals surface area contributed by atoms with E-state index < -0.39 is 23.6 Å². The summed E-state index contributed by atoms with van der Waals surface area (Å²) in [6.45, 7) is 5.24. The maximum absolute atomic E-state index is 12.2. The van der Waals surface area contributed by atoms with Gasteiger partial charge in [-0.25, -0.2) is 14.6 Å². The van der Waals surface area contributed by atoms with Gasteiger partial charge in [-0.2, -0.15) is 0 Å². The number of nitrogens with zero attached hydrogens (tertiary/aromatic N) is 2. The minimum Gasteiger partial charge on any atom is -0.477 e. The zero-order valence-corrected chi connectivity index (χ0v) is 14.9. The molecule has 138 valence electrons. The lowest BCUT2D eigenvalue weighted by atomic mass is 10.2. The summed E-state index contributed by atoms with van der Waals surface area (Å²) in [7, 11) is 1.56. The third kappa shape index (κ3) is 5.07. The van der Waals surface area contributed by atoms with Crippen molar-refractivity contribution in [3.8, 4) is 0 Å². The van der Waals surface area contributed by atoms with Gasteiger partial charge in [-0.3, -0.25) is 10.1 Å². The standard InChI is InChI=1S/C17H20N4O5/c1-17(2,3)26-16(25)20-10-5-6-12(18-8-10)14(22)19-11-7-13(15(23)24)21(4)9-11/h5-9H,1-4H3,(H,19,22)(H,20,25)(H,23,24). The Bertz CT molecular complexity index is 834. The van der Waals surface area contributed by atoms with E-state index in [1.54, 1.807) is 27.8 Å². The molecule has 2 amide bonds. The lowest BCUT2D eigenvalue weighted by Crippen LogP contribution is -2.27. The number of rotatable bonds is 4. The van der Waals surface area contributed by atoms with Gasteiger partial charge in [-0.05, 0) is 39.0 Å². The Labute approximate surface area is 150 Å². The number of carbonyl (C=O) groups excluding carboxylic acids is 2. The van der Waals surface area contributed by atoms with E-state index in [0.717, 1.165) is 0 Å². The molecule has 2 aromatic heterocycles. The first kappa shape index (κ1) is 19.0. The Morgan fingerprint density at radius 2 is 1.85 bits per heavy atom. The van der Waals surface area contributed by atoms with E-state index in [4.69, 9.17) is 9.84 Å². The van der Waals surface area contributed by atoms with Crippen molar-refractivity contribution in [2.24, 2.45) is 7.05 Å². The zero-order chi connectivity index (χ0) is 19.5. The van der Waals surface area contributed by atoms with Gasteiger partial charge >= 0.3 is 12.1 Å². The van der Waals surface area contributed by atoms with E-state index in [0.29, 0.717) is 11.4 Å². The number of carboxylic acid groups (broad SMARTS) is 1. The molecule has 0 aliphatic heterocycles. The van der Waals surface area contributed by atoms with Crippen LogP contribution in [0.5, 0.6) is 0 Å². The second kappa shape index (κ2) is 7.26. The van der Waals surface area contributed by atoms with Crippen molar-refractivity contribution in [1.29, 1.82) is 0 Å². The van der Waals surface area contributed by atoms with E-state index in [2.05, 4.69) is 15.6 Å². The number of ether oxygens (including phenoxy) is 1. The van der Waals surface area contributed by atoms with Gasteiger partial charge in [-0.1, -0.05) is 0 Å². The number of carbonyl (C=O) groups is 3. The highest BCUT2D eigenvalue weighted by molar-refractivity contribution is 6.03. The minimum atomic E-state index is -1.09. The summed E-state index contributed by atoms with van der Waals surface area (Å²) in [5.41, 5.74) is 0.254. The fourth-order valence-electron chi connectivity index (χ4n) is 2.06. The Kier molecular flexibility index (Phi) is 5.30. The molecule has 0 aliphatic rings. The minimum absolute atomic E-state index is 0.0465. The quantitative estimate of drug-likeness (QED) is 0.770. The fraction of sp³-hybridized carbons (Fsp3) is 0.294. The van der Waals surface area contributed by atoms with Crippen LogP contribution in [0.15, 0.2) is 30.6 Å². The monoisotopic (exact) mass is 360 g/mol. The highest BCUT2D eigenvalue weighted by atomic mass is 16.6. The Balaban J connectivity index is 2.01. The van der Waals surface area contributed by atoms with Gasteiger partial charge in [0.25, 0.3) is 5.91 Å². The molecule has 0 atom stereocenters. The van der Waals surface area contributed by atoms with E-state index in [1.807, 2.05) is 0 Å². The van der Waals surface area contributed by atoms with Crippen LogP contribution in [-0.4, -0.2) is 38.2 Å². The second-order valence-electron chi connectivity index (χ2n) is 6.54. The molecule has 26 heavy (non-hydrogen) atoms. The van der Waals surface area contributed by atoms with Crippen LogP contribution in [0.4, 0.5) is 16.2 Å². The molecule has 2 aromatic rings. The lowest BCUT2D eigenvalue weighted by Gasteiger charge is -2.19. The molecule has 2 heterocycles. The SMILES string of the molecule is Cn1cc(NC(=O)c2ccc(NC(=O)OC(C)(C)C)cn2)cc1C(=O)O. The second-order valence-corrected chi connectivity index (χ2v) is 6.54. The van der Waals surface area contributed by atoms with E-state index >= 15 is 0 Å². The van der Waals surface area contributed by atoms with Crippen molar-refractivity contribution < 1.29 is 24.2 Å². The first-order valence-electron chi connectivity index (χ1n) is 7.72. The molecule has 9 nitrogen and oxygen atoms in total. The largest absolute Gasteiger partial charge is 0.477 e. The molecular weight excluding hydrogens is 340 g/mol. The van der Waals surface area contributed by atoms with Crippen molar-refractivity contribution in [3.63, 3.8) is 0 Å². The molecule has 0 unspecified atom stereocenters. The van der Waals surface area contributed by atoms with Gasteiger partial charge in [0.2, 0.25) is 0 Å². The van der Waals surface area contributed by atoms with E-state index in [9.17, 15) is 14.4 Å². The fourth-order valence-corrected chi connectivity index (χ4v) is 2.06. The molecule has 0 fully saturated rings. The number of amides is 2. The van der Waals surface area contributed by atoms with Gasteiger partial charge in [0.05, 0.1) is 17.6 Å². The number of carboxylic acids is 1. The highest BCUT2D eigenvalue weighted by Gasteiger charge is 2.17. The summed E-state index contributed by atoms with van der Waals surface area (Å²) in [6.07, 6.45) is 2.19. The van der Waals surface area contributed by atoms with Gasteiger partial charge in [0.15, 0.2) is 0 Å². The number of aryl methyl sites for hydroxylation is 1. The van der Waals surface area contributed by atoms with Crippen molar-refractivity contribution >= 4 is 29.3 Å². The molecule has 0 radical (unpaired) electrons. The van der Waals surface area contributed by atoms with Gasteiger partial charge in [-0.15, -0.1) is 0 Å². The molecule has 0 aliphatic carbocycles. The number of aromatic nitrogens is 2. The average molecular weight is 360 g/mol. The molecule has 0 bridgehead atoms. The normalized spacial score (nSPS) is 10.9. The van der Waals surface area contributed by atoms with Crippen LogP contribution in [0.1, 0.15) is 41.7 Å². The topological polar surface area (TPSA) is 123 Å². The van der Waals surface area contributed by atoms with Gasteiger partial charge < -0.3 is 19.7 Å². The van der Waals surface area contributed by atoms with Crippen LogP contribution in [0, 0.1) is 0 Å². The predicted octanol–water partition coefficient (Wildman–Crippen LogP) is 2.72. The number of hydrogen-bond acceptors (Lipinski definition) is 5. The first-order chi connectivity index (χ1) is 12.0. The lowest BCUT2D eigenvalue weighted by molar-refractivity contribution is 0.0633. The highest BCUT2D eigenvalue weighted by Crippen LogP contribution is 2.15. The molecule has 9 heteroatoms. The van der Waals surface area contributed by atoms with Crippen molar-refractivity contribution in [1.82, 2.24) is 9.55 Å². The zero-order valence-electron chi connectivity index (χ0n) is 14.9. The molecule has 2 rings (SSSR count). The average Bonchev–Trinajstić information content (AvgIpc) is 2.86. The van der Waals surface area contributed by atoms with Crippen LogP contribution >= 0.6 is 0 Å². The van der Waals surface area contributed by atoms with Crippen LogP contribution < -0.4 is 10.6 Å². The molecular formula is C17H20N4O5. The number of anilines is 2. The first-order valence-corrected chi connectivity index (χ1v) is 7.72. The van der Waals surface area contributed by atoms with Crippen LogP contribution in [-0.2, 0) is 11.8 Å². The van der Waals surface area contributed by atoms with Gasteiger partial charge in [0, 0.05) is 13.2 Å². The summed E-state index contributed by atoms with van der Waals surface area (Å²) in [4.78, 5) is 38.9. The van der Waals surface area contributed by atoms with Gasteiger partial charge in [0.1, 0.15) is 17.0 Å². The maximum atomic E-state index is 12.2. The number of hydrogen-bond donors (Lipinski definition) is 3. The molecule has 3 N–H and O–H groups in total. The van der Waals surface area contributed by atoms with Crippen molar-refractivity contribution in [3.05, 3.63) is 42.0 Å².